The van der Waals surface area contributed by atoms with Crippen LogP contribution in [-0.2, 0) is 13.6 Å². The molecule has 2 atom stereocenters. The molecule has 0 aromatic carbocycles. The average Bonchev–Trinajstić information content (AvgIpc) is 2.05. The van der Waals surface area contributed by atoms with E-state index in [2.05, 4.69) is 9.05 Å². The van der Waals surface area contributed by atoms with Crippen LogP contribution in [0.2, 0.25) is 0 Å². The van der Waals surface area contributed by atoms with Gasteiger partial charge in [0.2, 0.25) is 0 Å². The Hall–Kier alpha value is -0.310. The lowest BCUT2D eigenvalue weighted by Crippen LogP contribution is -2.60. The Balaban J connectivity index is 3.42. The number of halogens is 6. The second-order valence-electron chi connectivity index (χ2n) is 4.78. The minimum Gasteiger partial charge on any atom is -0.302 e. The summed E-state index contributed by atoms with van der Waals surface area (Å²) in [6.45, 7) is 2.11. The zero-order valence-electron chi connectivity index (χ0n) is 9.96. The van der Waals surface area contributed by atoms with E-state index in [1.165, 1.54) is 0 Å². The molecule has 1 saturated heterocycles. The van der Waals surface area contributed by atoms with Gasteiger partial charge in [0, 0.05) is 0 Å². The van der Waals surface area contributed by atoms with Crippen molar-refractivity contribution in [3.8, 4) is 0 Å². The molecule has 0 aromatic rings. The van der Waals surface area contributed by atoms with Gasteiger partial charge in [-0.2, -0.15) is 26.3 Å². The van der Waals surface area contributed by atoms with Crippen LogP contribution in [0, 0.1) is 5.92 Å². The summed E-state index contributed by atoms with van der Waals surface area (Å²) in [6, 6.07) is 0. The third-order valence-corrected chi connectivity index (χ3v) is 4.35. The fourth-order valence-corrected chi connectivity index (χ4v) is 3.56. The molecule has 0 aliphatic carbocycles. The molecule has 114 valence electrons. The maximum Gasteiger partial charge on any atom is 0.473 e. The van der Waals surface area contributed by atoms with Gasteiger partial charge in [-0.25, -0.2) is 4.57 Å². The van der Waals surface area contributed by atoms with Crippen LogP contribution in [0.5, 0.6) is 0 Å². The van der Waals surface area contributed by atoms with Crippen molar-refractivity contribution < 1.29 is 44.8 Å². The highest BCUT2D eigenvalue weighted by molar-refractivity contribution is 7.47. The van der Waals surface area contributed by atoms with Gasteiger partial charge < -0.3 is 4.89 Å². The van der Waals surface area contributed by atoms with E-state index in [1.807, 2.05) is 0 Å². The third kappa shape index (κ3) is 2.91. The summed E-state index contributed by atoms with van der Waals surface area (Å²) in [5, 5.41) is 0. The number of alkyl halides is 6. The van der Waals surface area contributed by atoms with Gasteiger partial charge in [0.25, 0.3) is 0 Å². The molecule has 0 aromatic heterocycles. The third-order valence-electron chi connectivity index (χ3n) is 3.05. The minimum absolute atomic E-state index is 0.453. The standard InChI is InChI=1S/C8H11F6O4P/c1-5(2)6(3,18-19(15,16)17-5)4(7(9,10)11)8(12,13)14/h4H,1-3H3,(H,15,16). The molecule has 0 amide bonds. The first kappa shape index (κ1) is 16.7. The van der Waals surface area contributed by atoms with E-state index in [0.717, 1.165) is 13.8 Å². The molecule has 1 heterocycles. The molecule has 1 fully saturated rings. The lowest BCUT2D eigenvalue weighted by Gasteiger charge is -2.41. The van der Waals surface area contributed by atoms with Crippen LogP contribution in [0.15, 0.2) is 0 Å². The van der Waals surface area contributed by atoms with E-state index >= 15 is 0 Å². The topological polar surface area (TPSA) is 55.8 Å². The quantitative estimate of drug-likeness (QED) is 0.595. The predicted molar refractivity (Wildman–Crippen MR) is 50.1 cm³/mol. The molecule has 11 heteroatoms. The zero-order valence-corrected chi connectivity index (χ0v) is 10.9. The van der Waals surface area contributed by atoms with Gasteiger partial charge in [-0.3, -0.25) is 9.05 Å². The Kier molecular flexibility index (Phi) is 3.61. The van der Waals surface area contributed by atoms with Crippen molar-refractivity contribution in [1.29, 1.82) is 0 Å². The van der Waals surface area contributed by atoms with Gasteiger partial charge in [-0.1, -0.05) is 0 Å². The Morgan fingerprint density at radius 3 is 1.58 bits per heavy atom. The van der Waals surface area contributed by atoms with Crippen molar-refractivity contribution in [2.75, 3.05) is 0 Å². The summed E-state index contributed by atoms with van der Waals surface area (Å²) in [5.41, 5.74) is -5.33. The number of phosphoric ester groups is 1. The van der Waals surface area contributed by atoms with Gasteiger partial charge in [0.1, 0.15) is 11.2 Å². The van der Waals surface area contributed by atoms with Gasteiger partial charge in [-0.05, 0) is 20.8 Å². The van der Waals surface area contributed by atoms with Crippen molar-refractivity contribution >= 4 is 7.82 Å². The Morgan fingerprint density at radius 1 is 1.00 bits per heavy atom. The van der Waals surface area contributed by atoms with E-state index in [9.17, 15) is 30.9 Å². The zero-order chi connectivity index (χ0) is 15.5. The maximum absolute atomic E-state index is 12.7. The van der Waals surface area contributed by atoms with E-state index in [1.54, 1.807) is 0 Å². The Labute approximate surface area is 104 Å². The fourth-order valence-electron chi connectivity index (χ4n) is 1.96. The molecular weight excluding hydrogens is 305 g/mol. The molecule has 2 unspecified atom stereocenters. The highest BCUT2D eigenvalue weighted by atomic mass is 31.2. The summed E-state index contributed by atoms with van der Waals surface area (Å²) >= 11 is 0. The molecule has 19 heavy (non-hydrogen) atoms. The monoisotopic (exact) mass is 316 g/mol. The van der Waals surface area contributed by atoms with Crippen LogP contribution in [-0.4, -0.2) is 28.4 Å². The highest BCUT2D eigenvalue weighted by Gasteiger charge is 2.74. The summed E-state index contributed by atoms with van der Waals surface area (Å²) in [6.07, 6.45) is -11.4. The van der Waals surface area contributed by atoms with Crippen LogP contribution < -0.4 is 0 Å². The fraction of sp³-hybridized carbons (Fsp3) is 1.00. The summed E-state index contributed by atoms with van der Waals surface area (Å²) in [5.74, 6) is -3.95. The summed E-state index contributed by atoms with van der Waals surface area (Å²) in [7, 11) is -4.98. The first-order valence-corrected chi connectivity index (χ1v) is 6.40. The first-order valence-electron chi connectivity index (χ1n) is 4.91. The largest absolute Gasteiger partial charge is 0.473 e. The summed E-state index contributed by atoms with van der Waals surface area (Å²) in [4.78, 5) is 9.02. The van der Waals surface area contributed by atoms with Crippen molar-refractivity contribution in [3.63, 3.8) is 0 Å². The van der Waals surface area contributed by atoms with Crippen LogP contribution >= 0.6 is 7.82 Å². The van der Waals surface area contributed by atoms with E-state index < -0.39 is 37.3 Å². The SMILES string of the molecule is CC1(C)OP(=O)(O)OC1(C)C(C(F)(F)F)C(F)(F)F. The molecule has 0 radical (unpaired) electrons. The number of hydrogen-bond donors (Lipinski definition) is 1. The number of rotatable bonds is 1. The molecule has 4 nitrogen and oxygen atoms in total. The first-order chi connectivity index (χ1) is 8.03. The van der Waals surface area contributed by atoms with Crippen LogP contribution in [0.1, 0.15) is 20.8 Å². The lowest BCUT2D eigenvalue weighted by atomic mass is 9.76. The molecule has 1 aliphatic rings. The molecule has 1 N–H and O–H groups in total. The molecule has 1 aliphatic heterocycles. The van der Waals surface area contributed by atoms with Crippen LogP contribution in [0.25, 0.3) is 0 Å². The van der Waals surface area contributed by atoms with Crippen molar-refractivity contribution in [2.45, 2.75) is 44.3 Å². The van der Waals surface area contributed by atoms with Gasteiger partial charge in [-0.15, -0.1) is 0 Å². The summed E-state index contributed by atoms with van der Waals surface area (Å²) < 4.78 is 95.7. The van der Waals surface area contributed by atoms with E-state index in [4.69, 9.17) is 4.89 Å². The second-order valence-corrected chi connectivity index (χ2v) is 6.09. The Morgan fingerprint density at radius 2 is 1.37 bits per heavy atom. The maximum atomic E-state index is 12.7. The second kappa shape index (κ2) is 4.09. The van der Waals surface area contributed by atoms with Crippen molar-refractivity contribution in [2.24, 2.45) is 5.92 Å². The van der Waals surface area contributed by atoms with Crippen molar-refractivity contribution in [1.82, 2.24) is 0 Å². The minimum atomic E-state index is -5.71. The highest BCUT2D eigenvalue weighted by Crippen LogP contribution is 2.66. The average molecular weight is 316 g/mol. The van der Waals surface area contributed by atoms with Crippen molar-refractivity contribution in [3.05, 3.63) is 0 Å². The molecule has 0 spiro atoms. The predicted octanol–water partition coefficient (Wildman–Crippen LogP) is 3.41. The molecule has 1 rings (SSSR count). The number of hydrogen-bond acceptors (Lipinski definition) is 3. The molecule has 0 bridgehead atoms. The Bertz CT molecular complexity index is 402. The lowest BCUT2D eigenvalue weighted by molar-refractivity contribution is -0.329. The van der Waals surface area contributed by atoms with Gasteiger partial charge in [0.15, 0.2) is 5.92 Å². The van der Waals surface area contributed by atoms with Crippen LogP contribution in [0.4, 0.5) is 26.3 Å². The van der Waals surface area contributed by atoms with Gasteiger partial charge >= 0.3 is 20.2 Å². The number of phosphoric acid groups is 1. The smallest absolute Gasteiger partial charge is 0.302 e. The van der Waals surface area contributed by atoms with Crippen LogP contribution in [0.3, 0.4) is 0 Å². The normalized spacial score (nSPS) is 35.9. The molecular formula is C8H11F6O4P. The van der Waals surface area contributed by atoms with Gasteiger partial charge in [0.05, 0.1) is 0 Å². The molecule has 0 saturated carbocycles. The van der Waals surface area contributed by atoms with E-state index in [0.29, 0.717) is 6.92 Å². The van der Waals surface area contributed by atoms with E-state index in [-0.39, 0.29) is 0 Å².